The average molecular weight is 518 g/mol. The highest BCUT2D eigenvalue weighted by molar-refractivity contribution is 7.90. The first-order chi connectivity index (χ1) is 16.2. The van der Waals surface area contributed by atoms with Gasteiger partial charge < -0.3 is 15.4 Å². The molecule has 0 spiro atoms. The zero-order chi connectivity index (χ0) is 26.2. The number of pyridine rings is 1. The SMILES string of the molecule is CC(C)(COc1ncccc1C(N)=O)N(C1CCN(c2ccc(F)cc2)C1=O)S(=O)(=O)C(F)(F)F. The Morgan fingerprint density at radius 1 is 1.23 bits per heavy atom. The number of nitrogens with two attached hydrogens (primary N) is 1. The number of carbonyl (C=O) groups is 2. The van der Waals surface area contributed by atoms with Crippen molar-refractivity contribution >= 4 is 27.5 Å². The molecule has 1 aromatic carbocycles. The summed E-state index contributed by atoms with van der Waals surface area (Å²) in [7, 11) is -6.02. The minimum absolute atomic E-state index is 0.0821. The van der Waals surface area contributed by atoms with Crippen LogP contribution >= 0.6 is 0 Å². The Kier molecular flexibility index (Phi) is 7.09. The maximum atomic E-state index is 13.7. The fourth-order valence-corrected chi connectivity index (χ4v) is 5.25. The fraction of sp³-hybridized carbons (Fsp3) is 0.381. The van der Waals surface area contributed by atoms with Crippen LogP contribution in [0.2, 0.25) is 0 Å². The molecule has 0 saturated carbocycles. The molecular weight excluding hydrogens is 496 g/mol. The summed E-state index contributed by atoms with van der Waals surface area (Å²) < 4.78 is 85.1. The highest BCUT2D eigenvalue weighted by Crippen LogP contribution is 2.38. The zero-order valence-electron chi connectivity index (χ0n) is 18.6. The summed E-state index contributed by atoms with van der Waals surface area (Å²) in [5.41, 5.74) is -2.35. The second kappa shape index (κ2) is 9.41. The highest BCUT2D eigenvalue weighted by Gasteiger charge is 2.59. The van der Waals surface area contributed by atoms with E-state index >= 15 is 0 Å². The van der Waals surface area contributed by atoms with Crippen molar-refractivity contribution < 1.29 is 40.3 Å². The summed E-state index contributed by atoms with van der Waals surface area (Å²) >= 11 is 0. The zero-order valence-corrected chi connectivity index (χ0v) is 19.4. The van der Waals surface area contributed by atoms with Crippen LogP contribution in [0.4, 0.5) is 23.2 Å². The van der Waals surface area contributed by atoms with Gasteiger partial charge in [0.05, 0.1) is 5.54 Å². The maximum absolute atomic E-state index is 13.7. The lowest BCUT2D eigenvalue weighted by molar-refractivity contribution is -0.122. The van der Waals surface area contributed by atoms with Crippen LogP contribution in [0.3, 0.4) is 0 Å². The van der Waals surface area contributed by atoms with E-state index < -0.39 is 51.4 Å². The number of benzene rings is 1. The Morgan fingerprint density at radius 2 is 1.86 bits per heavy atom. The monoisotopic (exact) mass is 518 g/mol. The average Bonchev–Trinajstić information content (AvgIpc) is 3.12. The van der Waals surface area contributed by atoms with Crippen LogP contribution < -0.4 is 15.4 Å². The van der Waals surface area contributed by atoms with Gasteiger partial charge in [0, 0.05) is 18.4 Å². The molecule has 0 bridgehead atoms. The number of rotatable bonds is 8. The van der Waals surface area contributed by atoms with Gasteiger partial charge in [0.15, 0.2) is 0 Å². The van der Waals surface area contributed by atoms with Gasteiger partial charge in [-0.15, -0.1) is 0 Å². The molecule has 1 atom stereocenters. The molecule has 1 aliphatic heterocycles. The van der Waals surface area contributed by atoms with Crippen molar-refractivity contribution in [3.63, 3.8) is 0 Å². The number of sulfonamides is 1. The van der Waals surface area contributed by atoms with Crippen molar-refractivity contribution in [2.24, 2.45) is 5.73 Å². The normalized spacial score (nSPS) is 17.2. The third-order valence-electron chi connectivity index (χ3n) is 5.35. The number of aromatic nitrogens is 1. The second-order valence-electron chi connectivity index (χ2n) is 8.34. The largest absolute Gasteiger partial charge is 0.511 e. The molecule has 2 N–H and O–H groups in total. The molecular formula is C21H22F4N4O5S. The summed E-state index contributed by atoms with van der Waals surface area (Å²) in [6.07, 6.45) is 0.991. The number of ether oxygens (including phenoxy) is 1. The lowest BCUT2D eigenvalue weighted by Gasteiger charge is -2.40. The van der Waals surface area contributed by atoms with Gasteiger partial charge in [-0.2, -0.15) is 17.5 Å². The third-order valence-corrected chi connectivity index (χ3v) is 7.20. The number of hydrogen-bond donors (Lipinski definition) is 1. The first kappa shape index (κ1) is 26.3. The van der Waals surface area contributed by atoms with Gasteiger partial charge in [0.1, 0.15) is 24.0 Å². The molecule has 2 amide bonds. The molecule has 14 heteroatoms. The minimum atomic E-state index is -6.02. The van der Waals surface area contributed by atoms with Crippen molar-refractivity contribution in [1.29, 1.82) is 0 Å². The lowest BCUT2D eigenvalue weighted by Crippen LogP contribution is -2.61. The van der Waals surface area contributed by atoms with E-state index in [2.05, 4.69) is 4.98 Å². The summed E-state index contributed by atoms with van der Waals surface area (Å²) in [6.45, 7) is 1.51. The van der Waals surface area contributed by atoms with Gasteiger partial charge in [0.25, 0.3) is 5.91 Å². The van der Waals surface area contributed by atoms with Crippen molar-refractivity contribution in [2.45, 2.75) is 37.4 Å². The summed E-state index contributed by atoms with van der Waals surface area (Å²) in [5, 5.41) is 0. The van der Waals surface area contributed by atoms with Gasteiger partial charge in [0.2, 0.25) is 11.8 Å². The van der Waals surface area contributed by atoms with Crippen molar-refractivity contribution in [3.05, 3.63) is 54.0 Å². The van der Waals surface area contributed by atoms with Crippen LogP contribution in [0, 0.1) is 5.82 Å². The Hall–Kier alpha value is -3.26. The number of primary amides is 1. The van der Waals surface area contributed by atoms with E-state index in [1.165, 1.54) is 30.5 Å². The van der Waals surface area contributed by atoms with E-state index in [1.54, 1.807) is 0 Å². The van der Waals surface area contributed by atoms with Gasteiger partial charge in [-0.05, 0) is 56.7 Å². The number of hydrogen-bond acceptors (Lipinski definition) is 6. The predicted octanol–water partition coefficient (Wildman–Crippen LogP) is 2.43. The smallest absolute Gasteiger partial charge is 0.475 e. The van der Waals surface area contributed by atoms with E-state index in [1.807, 2.05) is 0 Å². The molecule has 1 unspecified atom stereocenters. The Bertz CT molecular complexity index is 1220. The van der Waals surface area contributed by atoms with Crippen LogP contribution in [0.15, 0.2) is 42.6 Å². The van der Waals surface area contributed by atoms with E-state index in [9.17, 15) is 35.6 Å². The number of anilines is 1. The van der Waals surface area contributed by atoms with Crippen LogP contribution in [0.1, 0.15) is 30.6 Å². The van der Waals surface area contributed by atoms with Crippen molar-refractivity contribution in [3.8, 4) is 5.88 Å². The van der Waals surface area contributed by atoms with Crippen molar-refractivity contribution in [1.82, 2.24) is 9.29 Å². The van der Waals surface area contributed by atoms with Crippen LogP contribution in [0.25, 0.3) is 0 Å². The summed E-state index contributed by atoms with van der Waals surface area (Å²) in [5.74, 6) is -2.70. The fourth-order valence-electron chi connectivity index (χ4n) is 3.79. The maximum Gasteiger partial charge on any atom is 0.511 e. The first-order valence-electron chi connectivity index (χ1n) is 10.2. The topological polar surface area (TPSA) is 123 Å². The van der Waals surface area contributed by atoms with Crippen molar-refractivity contribution in [2.75, 3.05) is 18.1 Å². The number of amides is 2. The molecule has 35 heavy (non-hydrogen) atoms. The molecule has 9 nitrogen and oxygen atoms in total. The van der Waals surface area contributed by atoms with E-state index in [0.29, 0.717) is 0 Å². The lowest BCUT2D eigenvalue weighted by atomic mass is 10.0. The van der Waals surface area contributed by atoms with Crippen LogP contribution in [-0.2, 0) is 14.8 Å². The molecule has 2 heterocycles. The first-order valence-corrected chi connectivity index (χ1v) is 11.7. The van der Waals surface area contributed by atoms with E-state index in [0.717, 1.165) is 30.9 Å². The van der Waals surface area contributed by atoms with E-state index in [4.69, 9.17) is 10.5 Å². The van der Waals surface area contributed by atoms with Gasteiger partial charge in [-0.3, -0.25) is 9.59 Å². The Balaban J connectivity index is 1.97. The molecule has 1 saturated heterocycles. The molecule has 1 fully saturated rings. The minimum Gasteiger partial charge on any atom is -0.475 e. The van der Waals surface area contributed by atoms with Crippen LogP contribution in [0.5, 0.6) is 5.88 Å². The molecule has 190 valence electrons. The Labute approximate surface area is 198 Å². The molecule has 2 aromatic rings. The van der Waals surface area contributed by atoms with E-state index in [-0.39, 0.29) is 34.4 Å². The third kappa shape index (κ3) is 5.22. The number of alkyl halides is 3. The molecule has 0 aliphatic carbocycles. The summed E-state index contributed by atoms with van der Waals surface area (Å²) in [6, 6.07) is 5.62. The van der Waals surface area contributed by atoms with Crippen LogP contribution in [-0.4, -0.2) is 59.8 Å². The molecule has 3 rings (SSSR count). The summed E-state index contributed by atoms with van der Waals surface area (Å²) in [4.78, 5) is 29.6. The number of nitrogens with zero attached hydrogens (tertiary/aromatic N) is 3. The standard InChI is InChI=1S/C21H22F4N4O5S/c1-20(2,12-34-18-15(17(26)30)4-3-10-27-18)29(35(32,33)21(23,24)25)16-9-11-28(19(16)31)14-7-5-13(22)6-8-14/h3-8,10,16H,9,11-12H2,1-2H3,(H2,26,30). The predicted molar refractivity (Wildman–Crippen MR) is 116 cm³/mol. The molecule has 0 radical (unpaired) electrons. The van der Waals surface area contributed by atoms with Gasteiger partial charge >= 0.3 is 15.5 Å². The Morgan fingerprint density at radius 3 is 2.43 bits per heavy atom. The highest BCUT2D eigenvalue weighted by atomic mass is 32.2. The number of carbonyl (C=O) groups excluding carboxylic acids is 2. The quantitative estimate of drug-likeness (QED) is 0.536. The second-order valence-corrected chi connectivity index (χ2v) is 10.1. The van der Waals surface area contributed by atoms with Gasteiger partial charge in [-0.25, -0.2) is 17.8 Å². The molecule has 1 aromatic heterocycles. The van der Waals surface area contributed by atoms with Gasteiger partial charge in [-0.1, -0.05) is 0 Å². The number of halogens is 4. The molecule has 1 aliphatic rings.